The average Bonchev–Trinajstić information content (AvgIpc) is 2.64. The van der Waals surface area contributed by atoms with Gasteiger partial charge in [-0.25, -0.2) is 0 Å². The van der Waals surface area contributed by atoms with E-state index in [0.29, 0.717) is 45.3 Å². The molecule has 0 spiro atoms. The lowest BCUT2D eigenvalue weighted by Crippen LogP contribution is -2.54. The fraction of sp³-hybridized carbons (Fsp3) is 0.545. The van der Waals surface area contributed by atoms with Crippen molar-refractivity contribution in [2.45, 2.75) is 56.1 Å². The van der Waals surface area contributed by atoms with Gasteiger partial charge in [-0.15, -0.1) is 6.58 Å². The zero-order chi connectivity index (χ0) is 20.4. The molecule has 1 aromatic rings. The summed E-state index contributed by atoms with van der Waals surface area (Å²) in [4.78, 5) is 23.8. The van der Waals surface area contributed by atoms with Crippen LogP contribution in [0.25, 0.3) is 0 Å². The number of ether oxygens (including phenoxy) is 2. The van der Waals surface area contributed by atoms with E-state index in [0.717, 1.165) is 11.1 Å². The minimum atomic E-state index is -1.04. The second-order valence-corrected chi connectivity index (χ2v) is 8.08. The molecule has 0 radical (unpaired) electrons. The summed E-state index contributed by atoms with van der Waals surface area (Å²) in [5, 5.41) is 10.3. The molecule has 0 amide bonds. The van der Waals surface area contributed by atoms with Crippen molar-refractivity contribution in [2.75, 3.05) is 13.2 Å². The maximum Gasteiger partial charge on any atom is 0.314 e. The van der Waals surface area contributed by atoms with Gasteiger partial charge in [0.15, 0.2) is 0 Å². The number of rotatable bonds is 7. The number of nitrogens with two attached hydrogens (primary N) is 1. The van der Waals surface area contributed by atoms with E-state index in [9.17, 15) is 14.7 Å². The van der Waals surface area contributed by atoms with Crippen molar-refractivity contribution in [3.8, 4) is 0 Å². The molecule has 1 atom stereocenters. The predicted molar refractivity (Wildman–Crippen MR) is 105 cm³/mol. The molecular formula is C22H29NO5. The molecule has 1 unspecified atom stereocenters. The van der Waals surface area contributed by atoms with Gasteiger partial charge in [0.2, 0.25) is 0 Å². The Morgan fingerprint density at radius 1 is 1.29 bits per heavy atom. The Morgan fingerprint density at radius 2 is 1.89 bits per heavy atom. The molecule has 1 aliphatic carbocycles. The van der Waals surface area contributed by atoms with Crippen molar-refractivity contribution in [3.05, 3.63) is 48.0 Å². The van der Waals surface area contributed by atoms with Crippen molar-refractivity contribution in [1.29, 1.82) is 0 Å². The third kappa shape index (κ3) is 3.71. The van der Waals surface area contributed by atoms with Gasteiger partial charge in [0.1, 0.15) is 6.10 Å². The molecule has 152 valence electrons. The SMILES string of the molecule is C=CCC(C(=O)O)(c1ccc(C2(N)COC2)cc1)C1CCC(OC(C)=O)CC1. The van der Waals surface area contributed by atoms with Gasteiger partial charge in [-0.05, 0) is 49.1 Å². The second kappa shape index (κ2) is 8.05. The molecule has 0 aromatic heterocycles. The number of carbonyl (C=O) groups is 2. The van der Waals surface area contributed by atoms with E-state index >= 15 is 0 Å². The van der Waals surface area contributed by atoms with Crippen LogP contribution in [0.5, 0.6) is 0 Å². The van der Waals surface area contributed by atoms with Gasteiger partial charge in [-0.1, -0.05) is 30.3 Å². The Labute approximate surface area is 165 Å². The highest BCUT2D eigenvalue weighted by Crippen LogP contribution is 2.45. The minimum Gasteiger partial charge on any atom is -0.481 e. The van der Waals surface area contributed by atoms with Gasteiger partial charge in [0, 0.05) is 6.92 Å². The quantitative estimate of drug-likeness (QED) is 0.551. The number of carboxylic acids is 1. The maximum absolute atomic E-state index is 12.5. The Hall–Kier alpha value is -2.18. The normalized spacial score (nSPS) is 25.8. The molecule has 28 heavy (non-hydrogen) atoms. The molecule has 3 N–H and O–H groups in total. The van der Waals surface area contributed by atoms with Crippen LogP contribution in [0.15, 0.2) is 36.9 Å². The first-order valence-corrected chi connectivity index (χ1v) is 9.81. The minimum absolute atomic E-state index is 0.0560. The molecule has 0 bridgehead atoms. The average molecular weight is 387 g/mol. The zero-order valence-electron chi connectivity index (χ0n) is 16.4. The molecule has 6 heteroatoms. The van der Waals surface area contributed by atoms with E-state index in [2.05, 4.69) is 6.58 Å². The Bertz CT molecular complexity index is 732. The summed E-state index contributed by atoms with van der Waals surface area (Å²) in [6, 6.07) is 7.61. The highest BCUT2D eigenvalue weighted by molar-refractivity contribution is 5.82. The molecule has 1 saturated carbocycles. The van der Waals surface area contributed by atoms with Gasteiger partial charge in [0.05, 0.1) is 24.2 Å². The third-order valence-electron chi connectivity index (χ3n) is 6.25. The van der Waals surface area contributed by atoms with Crippen molar-refractivity contribution in [3.63, 3.8) is 0 Å². The smallest absolute Gasteiger partial charge is 0.314 e. The highest BCUT2D eigenvalue weighted by atomic mass is 16.5. The van der Waals surface area contributed by atoms with Gasteiger partial charge < -0.3 is 20.3 Å². The van der Waals surface area contributed by atoms with Crippen molar-refractivity contribution < 1.29 is 24.2 Å². The van der Waals surface area contributed by atoms with Crippen LogP contribution in [-0.2, 0) is 30.0 Å². The van der Waals surface area contributed by atoms with Crippen LogP contribution in [-0.4, -0.2) is 36.4 Å². The van der Waals surface area contributed by atoms with E-state index in [-0.39, 0.29) is 18.0 Å². The van der Waals surface area contributed by atoms with E-state index in [1.807, 2.05) is 24.3 Å². The molecule has 2 fully saturated rings. The Balaban J connectivity index is 1.87. The number of carboxylic acid groups (broad SMARTS) is 1. The number of hydrogen-bond donors (Lipinski definition) is 2. The first-order valence-electron chi connectivity index (χ1n) is 9.81. The summed E-state index contributed by atoms with van der Waals surface area (Å²) in [6.45, 7) is 6.17. The molecule has 1 saturated heterocycles. The first-order chi connectivity index (χ1) is 13.3. The standard InChI is InChI=1S/C22H29NO5/c1-3-12-22(20(25)26,18-8-10-19(11-9-18)28-15(2)24)17-6-4-16(5-7-17)21(23)13-27-14-21/h3-7,18-19H,1,8-14,23H2,2H3,(H,25,26). The fourth-order valence-electron chi connectivity index (χ4n) is 4.63. The Kier molecular flexibility index (Phi) is 5.91. The van der Waals surface area contributed by atoms with Crippen LogP contribution in [0.3, 0.4) is 0 Å². The lowest BCUT2D eigenvalue weighted by molar-refractivity contribution is -0.152. The lowest BCUT2D eigenvalue weighted by Gasteiger charge is -2.42. The summed E-state index contributed by atoms with van der Waals surface area (Å²) >= 11 is 0. The zero-order valence-corrected chi connectivity index (χ0v) is 16.4. The van der Waals surface area contributed by atoms with Crippen LogP contribution < -0.4 is 5.73 Å². The molecule has 6 nitrogen and oxygen atoms in total. The number of benzene rings is 1. The first kappa shape index (κ1) is 20.6. The van der Waals surface area contributed by atoms with E-state index in [1.165, 1.54) is 6.92 Å². The monoisotopic (exact) mass is 387 g/mol. The van der Waals surface area contributed by atoms with E-state index in [1.54, 1.807) is 6.08 Å². The largest absolute Gasteiger partial charge is 0.481 e. The number of allylic oxidation sites excluding steroid dienone is 1. The molecule has 1 aliphatic heterocycles. The number of aliphatic carboxylic acids is 1. The molecule has 3 rings (SSSR count). The number of esters is 1. The third-order valence-corrected chi connectivity index (χ3v) is 6.25. The van der Waals surface area contributed by atoms with Crippen molar-refractivity contribution >= 4 is 11.9 Å². The van der Waals surface area contributed by atoms with E-state index in [4.69, 9.17) is 15.2 Å². The van der Waals surface area contributed by atoms with Crippen molar-refractivity contribution in [2.24, 2.45) is 11.7 Å². The van der Waals surface area contributed by atoms with Crippen LogP contribution in [0, 0.1) is 5.92 Å². The lowest BCUT2D eigenvalue weighted by atomic mass is 9.62. The Morgan fingerprint density at radius 3 is 2.32 bits per heavy atom. The maximum atomic E-state index is 12.5. The number of carbonyl (C=O) groups excluding carboxylic acids is 1. The fourth-order valence-corrected chi connectivity index (χ4v) is 4.63. The molecule has 1 heterocycles. The highest BCUT2D eigenvalue weighted by Gasteiger charge is 2.48. The summed E-state index contributed by atoms with van der Waals surface area (Å²) in [6.07, 6.45) is 4.65. The predicted octanol–water partition coefficient (Wildman–Crippen LogP) is 2.89. The summed E-state index contributed by atoms with van der Waals surface area (Å²) in [5.74, 6) is -1.18. The summed E-state index contributed by atoms with van der Waals surface area (Å²) in [7, 11) is 0. The summed E-state index contributed by atoms with van der Waals surface area (Å²) in [5.41, 5.74) is 6.50. The number of hydrogen-bond acceptors (Lipinski definition) is 5. The van der Waals surface area contributed by atoms with Crippen LogP contribution in [0.2, 0.25) is 0 Å². The molecular weight excluding hydrogens is 358 g/mol. The summed E-state index contributed by atoms with van der Waals surface area (Å²) < 4.78 is 10.5. The van der Waals surface area contributed by atoms with Crippen LogP contribution in [0.4, 0.5) is 0 Å². The van der Waals surface area contributed by atoms with E-state index < -0.39 is 16.9 Å². The molecule has 2 aliphatic rings. The van der Waals surface area contributed by atoms with Crippen LogP contribution in [0.1, 0.15) is 50.2 Å². The van der Waals surface area contributed by atoms with Crippen LogP contribution >= 0.6 is 0 Å². The topological polar surface area (TPSA) is 98.8 Å². The van der Waals surface area contributed by atoms with Gasteiger partial charge in [-0.3, -0.25) is 9.59 Å². The molecule has 1 aromatic carbocycles. The van der Waals surface area contributed by atoms with Gasteiger partial charge in [0.25, 0.3) is 0 Å². The van der Waals surface area contributed by atoms with Gasteiger partial charge >= 0.3 is 11.9 Å². The second-order valence-electron chi connectivity index (χ2n) is 8.08. The van der Waals surface area contributed by atoms with Crippen molar-refractivity contribution in [1.82, 2.24) is 0 Å². The van der Waals surface area contributed by atoms with Gasteiger partial charge in [-0.2, -0.15) is 0 Å².